The molecule has 3 fully saturated rings. The molecule has 0 bridgehead atoms. The Morgan fingerprint density at radius 2 is 1.98 bits per heavy atom. The molecule has 0 amide bonds. The molecule has 2 atom stereocenters. The first-order valence-electron chi connectivity index (χ1n) is 14.9. The lowest BCUT2D eigenvalue weighted by atomic mass is 9.92. The summed E-state index contributed by atoms with van der Waals surface area (Å²) in [6.07, 6.45) is -3.73. The summed E-state index contributed by atoms with van der Waals surface area (Å²) in [6, 6.07) is 4.28. The highest BCUT2D eigenvalue weighted by Crippen LogP contribution is 2.48. The van der Waals surface area contributed by atoms with E-state index < -0.39 is 46.2 Å². The van der Waals surface area contributed by atoms with Crippen molar-refractivity contribution in [3.05, 3.63) is 41.0 Å². The number of hydrogen-bond donors (Lipinski definition) is 1. The van der Waals surface area contributed by atoms with Crippen molar-refractivity contribution in [3.8, 4) is 23.2 Å². The fraction of sp³-hybridized carbons (Fsp3) is 0.452. The van der Waals surface area contributed by atoms with Crippen molar-refractivity contribution in [3.63, 3.8) is 0 Å². The summed E-state index contributed by atoms with van der Waals surface area (Å²) in [7, 11) is 0. The molecule has 2 aromatic heterocycles. The van der Waals surface area contributed by atoms with Gasteiger partial charge in [0, 0.05) is 49.0 Å². The number of ether oxygens (including phenoxy) is 2. The van der Waals surface area contributed by atoms with Crippen molar-refractivity contribution in [2.45, 2.75) is 43.6 Å². The number of nitrogens with zero attached hydrogens (tertiary/aromatic N) is 5. The molecule has 0 unspecified atom stereocenters. The predicted molar refractivity (Wildman–Crippen MR) is 161 cm³/mol. The maximum atomic E-state index is 16.9. The molecule has 0 saturated carbocycles. The lowest BCUT2D eigenvalue weighted by Gasteiger charge is -2.31. The van der Waals surface area contributed by atoms with Crippen LogP contribution in [-0.4, -0.2) is 72.6 Å². The average Bonchev–Trinajstić information content (AvgIpc) is 3.56. The zero-order chi connectivity index (χ0) is 32.4. The van der Waals surface area contributed by atoms with Gasteiger partial charge < -0.3 is 20.1 Å². The Kier molecular flexibility index (Phi) is 7.64. The van der Waals surface area contributed by atoms with Crippen molar-refractivity contribution in [1.82, 2.24) is 14.9 Å². The van der Waals surface area contributed by atoms with Gasteiger partial charge in [0.2, 0.25) is 0 Å². The highest BCUT2D eigenvalue weighted by molar-refractivity contribution is 7.23. The minimum atomic E-state index is -5.07. The molecular weight excluding hydrogens is 634 g/mol. The lowest BCUT2D eigenvalue weighted by Crippen LogP contribution is -2.43. The number of benzene rings is 2. The molecule has 5 heterocycles. The van der Waals surface area contributed by atoms with Crippen LogP contribution in [0, 0.1) is 23.0 Å². The standard InChI is InChI=1S/C31H28F6N6O2S/c32-16-12-30(5-1-7-43(30)14-16)15-45-29-40-25-18(28(41-29)42-6-2-9-44-10-8-42)11-20(31(35,36)37)23(24(25)34)17-3-4-21(33)26-22(17)19(13-38)27(39)46-26/h3-4,11,16H,1-2,5-10,12,14-15,39H2/t16-,30+/m1/s1. The third-order valence-corrected chi connectivity index (χ3v) is 10.2. The lowest BCUT2D eigenvalue weighted by molar-refractivity contribution is -0.137. The van der Waals surface area contributed by atoms with Crippen molar-refractivity contribution in [2.75, 3.05) is 56.6 Å². The van der Waals surface area contributed by atoms with Gasteiger partial charge in [0.25, 0.3) is 0 Å². The van der Waals surface area contributed by atoms with Crippen LogP contribution in [0.15, 0.2) is 18.2 Å². The zero-order valence-corrected chi connectivity index (χ0v) is 25.2. The van der Waals surface area contributed by atoms with Crippen molar-refractivity contribution in [1.29, 1.82) is 5.26 Å². The van der Waals surface area contributed by atoms with Crippen LogP contribution >= 0.6 is 11.3 Å². The van der Waals surface area contributed by atoms with Crippen LogP contribution in [0.4, 0.5) is 37.2 Å². The third kappa shape index (κ3) is 5.07. The van der Waals surface area contributed by atoms with Gasteiger partial charge in [0.15, 0.2) is 5.82 Å². The summed E-state index contributed by atoms with van der Waals surface area (Å²) >= 11 is 0.695. The first kappa shape index (κ1) is 30.8. The quantitative estimate of drug-likeness (QED) is 0.244. The summed E-state index contributed by atoms with van der Waals surface area (Å²) in [5.41, 5.74) is 2.07. The Bertz CT molecular complexity index is 1890. The summed E-state index contributed by atoms with van der Waals surface area (Å²) < 4.78 is 102. The van der Waals surface area contributed by atoms with Gasteiger partial charge >= 0.3 is 12.2 Å². The molecule has 0 radical (unpaired) electrons. The van der Waals surface area contributed by atoms with Crippen molar-refractivity contribution in [2.24, 2.45) is 0 Å². The van der Waals surface area contributed by atoms with Crippen molar-refractivity contribution >= 4 is 43.1 Å². The number of nitriles is 1. The highest BCUT2D eigenvalue weighted by Gasteiger charge is 2.49. The SMILES string of the molecule is N#Cc1c(N)sc2c(F)ccc(-c3c(C(F)(F)F)cc4c(N5CCCOCC5)nc(OC[C@@]56CCCN5C[C@H](F)C6)nc4c3F)c12. The number of anilines is 2. The van der Waals surface area contributed by atoms with Crippen LogP contribution in [0.3, 0.4) is 0 Å². The molecule has 3 saturated heterocycles. The number of nitrogen functional groups attached to an aromatic ring is 1. The van der Waals surface area contributed by atoms with Crippen LogP contribution in [0.2, 0.25) is 0 Å². The van der Waals surface area contributed by atoms with E-state index in [9.17, 15) is 27.2 Å². The van der Waals surface area contributed by atoms with Gasteiger partial charge in [-0.15, -0.1) is 11.3 Å². The van der Waals surface area contributed by atoms with Crippen LogP contribution in [0.25, 0.3) is 32.1 Å². The molecule has 7 rings (SSSR count). The Hall–Kier alpha value is -3.87. The molecule has 15 heteroatoms. The summed E-state index contributed by atoms with van der Waals surface area (Å²) in [6.45, 7) is 2.37. The minimum absolute atomic E-state index is 0.0227. The molecule has 0 spiro atoms. The van der Waals surface area contributed by atoms with E-state index in [4.69, 9.17) is 15.2 Å². The molecule has 0 aliphatic carbocycles. The summed E-state index contributed by atoms with van der Waals surface area (Å²) in [5.74, 6) is -2.10. The van der Waals surface area contributed by atoms with Crippen molar-refractivity contribution < 1.29 is 35.8 Å². The zero-order valence-electron chi connectivity index (χ0n) is 24.4. The van der Waals surface area contributed by atoms with Gasteiger partial charge in [-0.25, -0.2) is 13.2 Å². The second-order valence-corrected chi connectivity index (χ2v) is 13.0. The van der Waals surface area contributed by atoms with Gasteiger partial charge in [-0.2, -0.15) is 28.4 Å². The van der Waals surface area contributed by atoms with E-state index in [1.807, 2.05) is 11.0 Å². The van der Waals surface area contributed by atoms with Gasteiger partial charge in [0.1, 0.15) is 41.0 Å². The Morgan fingerprint density at radius 1 is 1.15 bits per heavy atom. The topological polar surface area (TPSA) is 101 Å². The number of hydrogen-bond acceptors (Lipinski definition) is 9. The Balaban J connectivity index is 1.46. The molecule has 2 N–H and O–H groups in total. The normalized spacial score (nSPS) is 22.4. The maximum absolute atomic E-state index is 16.9. The highest BCUT2D eigenvalue weighted by atomic mass is 32.1. The average molecular weight is 663 g/mol. The van der Waals surface area contributed by atoms with Crippen LogP contribution in [0.5, 0.6) is 6.01 Å². The molecular formula is C31H28F6N6O2S. The molecule has 4 aromatic rings. The van der Waals surface area contributed by atoms with E-state index in [0.29, 0.717) is 43.9 Å². The fourth-order valence-electron chi connectivity index (χ4n) is 7.10. The molecule has 46 heavy (non-hydrogen) atoms. The molecule has 3 aliphatic heterocycles. The second-order valence-electron chi connectivity index (χ2n) is 11.9. The van der Waals surface area contributed by atoms with Crippen LogP contribution < -0.4 is 15.4 Å². The first-order chi connectivity index (χ1) is 22.0. The maximum Gasteiger partial charge on any atom is 0.417 e. The number of fused-ring (bicyclic) bond motifs is 3. The van der Waals surface area contributed by atoms with Crippen LogP contribution in [0.1, 0.15) is 36.8 Å². The van der Waals surface area contributed by atoms with E-state index in [-0.39, 0.29) is 76.2 Å². The predicted octanol–water partition coefficient (Wildman–Crippen LogP) is 6.44. The summed E-state index contributed by atoms with van der Waals surface area (Å²) in [5, 5.41) is 9.25. The number of rotatable bonds is 5. The molecule has 242 valence electrons. The summed E-state index contributed by atoms with van der Waals surface area (Å²) in [4.78, 5) is 12.5. The van der Waals surface area contributed by atoms with Gasteiger partial charge in [0.05, 0.1) is 28.0 Å². The van der Waals surface area contributed by atoms with Crippen LogP contribution in [-0.2, 0) is 10.9 Å². The number of aromatic nitrogens is 2. The third-order valence-electron chi connectivity index (χ3n) is 9.15. The van der Waals surface area contributed by atoms with E-state index in [1.165, 1.54) is 0 Å². The fourth-order valence-corrected chi connectivity index (χ4v) is 8.05. The molecule has 8 nitrogen and oxygen atoms in total. The van der Waals surface area contributed by atoms with E-state index in [1.54, 1.807) is 4.90 Å². The number of halogens is 6. The van der Waals surface area contributed by atoms with Gasteiger partial charge in [-0.3, -0.25) is 4.90 Å². The second kappa shape index (κ2) is 11.4. The first-order valence-corrected chi connectivity index (χ1v) is 15.7. The monoisotopic (exact) mass is 662 g/mol. The number of nitrogens with two attached hydrogens (primary N) is 1. The minimum Gasteiger partial charge on any atom is -0.461 e. The molecule has 3 aliphatic rings. The Morgan fingerprint density at radius 3 is 2.76 bits per heavy atom. The Labute approximate surface area is 263 Å². The smallest absolute Gasteiger partial charge is 0.417 e. The molecule has 2 aromatic carbocycles. The van der Waals surface area contributed by atoms with E-state index >= 15 is 4.39 Å². The van der Waals surface area contributed by atoms with Gasteiger partial charge in [-0.05, 0) is 43.5 Å². The number of alkyl halides is 4. The van der Waals surface area contributed by atoms with E-state index in [2.05, 4.69) is 9.97 Å². The van der Waals surface area contributed by atoms with Gasteiger partial charge in [-0.1, -0.05) is 6.07 Å². The largest absolute Gasteiger partial charge is 0.461 e. The van der Waals surface area contributed by atoms with E-state index in [0.717, 1.165) is 24.6 Å². The number of thiophene rings is 1.